The minimum absolute atomic E-state index is 0.196. The van der Waals surface area contributed by atoms with Crippen LogP contribution >= 0.6 is 0 Å². The summed E-state index contributed by atoms with van der Waals surface area (Å²) in [4.78, 5) is 12.0. The summed E-state index contributed by atoms with van der Waals surface area (Å²) in [5, 5.41) is 2.67. The summed E-state index contributed by atoms with van der Waals surface area (Å²) < 4.78 is 23.4. The Morgan fingerprint density at radius 1 is 1.13 bits per heavy atom. The molecule has 0 unspecified atom stereocenters. The summed E-state index contributed by atoms with van der Waals surface area (Å²) in [6, 6.07) is 9.37. The van der Waals surface area contributed by atoms with Gasteiger partial charge in [0.05, 0.1) is 25.6 Å². The van der Waals surface area contributed by atoms with E-state index in [0.29, 0.717) is 23.6 Å². The van der Waals surface area contributed by atoms with Crippen molar-refractivity contribution >= 4 is 17.3 Å². The fourth-order valence-corrected chi connectivity index (χ4v) is 2.15. The van der Waals surface area contributed by atoms with Gasteiger partial charge in [0.25, 0.3) is 0 Å². The number of aryl methyl sites for hydroxylation is 1. The first-order valence-corrected chi connectivity index (χ1v) is 7.09. The van der Waals surface area contributed by atoms with Crippen LogP contribution in [0.15, 0.2) is 36.4 Å². The van der Waals surface area contributed by atoms with E-state index in [1.54, 1.807) is 20.3 Å². The van der Waals surface area contributed by atoms with E-state index in [-0.39, 0.29) is 18.0 Å². The first-order chi connectivity index (χ1) is 11.0. The van der Waals surface area contributed by atoms with Crippen LogP contribution in [0.1, 0.15) is 12.0 Å². The number of nitrogens with one attached hydrogen (secondary N) is 1. The highest BCUT2D eigenvalue weighted by Crippen LogP contribution is 2.28. The van der Waals surface area contributed by atoms with Gasteiger partial charge in [0.2, 0.25) is 5.91 Å². The summed E-state index contributed by atoms with van der Waals surface area (Å²) >= 11 is 0. The molecule has 0 bridgehead atoms. The summed E-state index contributed by atoms with van der Waals surface area (Å²) in [7, 11) is 3.13. The maximum Gasteiger partial charge on any atom is 0.224 e. The van der Waals surface area contributed by atoms with Gasteiger partial charge in [0, 0.05) is 6.42 Å². The number of nitrogen functional groups attached to an aromatic ring is 1. The van der Waals surface area contributed by atoms with Crippen LogP contribution in [0.5, 0.6) is 11.5 Å². The van der Waals surface area contributed by atoms with Crippen molar-refractivity contribution in [3.05, 3.63) is 47.8 Å². The van der Waals surface area contributed by atoms with E-state index < -0.39 is 5.82 Å². The predicted octanol–water partition coefficient (Wildman–Crippen LogP) is 3.00. The third kappa shape index (κ3) is 4.35. The molecule has 122 valence electrons. The molecule has 0 aliphatic heterocycles. The van der Waals surface area contributed by atoms with E-state index in [0.717, 1.165) is 5.56 Å². The molecule has 6 heteroatoms. The molecule has 0 aromatic heterocycles. The van der Waals surface area contributed by atoms with Crippen LogP contribution in [0.2, 0.25) is 0 Å². The van der Waals surface area contributed by atoms with Crippen LogP contribution in [0, 0.1) is 5.82 Å². The van der Waals surface area contributed by atoms with Crippen molar-refractivity contribution in [1.82, 2.24) is 0 Å². The number of carbonyl (C=O) groups is 1. The van der Waals surface area contributed by atoms with Crippen LogP contribution in [0.3, 0.4) is 0 Å². The molecule has 0 spiro atoms. The lowest BCUT2D eigenvalue weighted by molar-refractivity contribution is -0.116. The molecule has 5 nitrogen and oxygen atoms in total. The Bertz CT molecular complexity index is 704. The van der Waals surface area contributed by atoms with E-state index in [1.165, 1.54) is 18.2 Å². The van der Waals surface area contributed by atoms with Crippen LogP contribution in [0.4, 0.5) is 15.8 Å². The second-order valence-electron chi connectivity index (χ2n) is 4.97. The molecule has 2 aromatic rings. The van der Waals surface area contributed by atoms with E-state index in [2.05, 4.69) is 5.32 Å². The minimum atomic E-state index is -0.439. The second kappa shape index (κ2) is 7.49. The summed E-state index contributed by atoms with van der Waals surface area (Å²) in [5.74, 6) is 0.622. The van der Waals surface area contributed by atoms with Gasteiger partial charge in [0.15, 0.2) is 11.5 Å². The van der Waals surface area contributed by atoms with Gasteiger partial charge in [-0.25, -0.2) is 4.39 Å². The van der Waals surface area contributed by atoms with Gasteiger partial charge in [-0.1, -0.05) is 6.07 Å². The Kier molecular flexibility index (Phi) is 5.41. The van der Waals surface area contributed by atoms with Crippen molar-refractivity contribution in [3.8, 4) is 11.5 Å². The number of nitrogens with two attached hydrogens (primary N) is 1. The lowest BCUT2D eigenvalue weighted by Crippen LogP contribution is -2.13. The Morgan fingerprint density at radius 2 is 1.87 bits per heavy atom. The lowest BCUT2D eigenvalue weighted by Gasteiger charge is -2.10. The third-order valence-electron chi connectivity index (χ3n) is 3.38. The molecule has 0 atom stereocenters. The highest BCUT2D eigenvalue weighted by Gasteiger charge is 2.09. The fraction of sp³-hybridized carbons (Fsp3) is 0.235. The molecule has 0 aliphatic rings. The van der Waals surface area contributed by atoms with Crippen LogP contribution in [-0.4, -0.2) is 20.1 Å². The maximum atomic E-state index is 13.0. The van der Waals surface area contributed by atoms with Crippen LogP contribution < -0.4 is 20.5 Å². The van der Waals surface area contributed by atoms with Gasteiger partial charge < -0.3 is 20.5 Å². The molecule has 0 fully saturated rings. The van der Waals surface area contributed by atoms with Crippen molar-refractivity contribution in [2.24, 2.45) is 0 Å². The number of anilines is 2. The molecule has 0 heterocycles. The molecule has 0 radical (unpaired) electrons. The highest BCUT2D eigenvalue weighted by molar-refractivity contribution is 5.93. The number of hydrogen-bond acceptors (Lipinski definition) is 4. The van der Waals surface area contributed by atoms with Crippen molar-refractivity contribution in [1.29, 1.82) is 0 Å². The average Bonchev–Trinajstić information content (AvgIpc) is 2.55. The topological polar surface area (TPSA) is 73.6 Å². The van der Waals surface area contributed by atoms with E-state index in [1.807, 2.05) is 12.1 Å². The largest absolute Gasteiger partial charge is 0.493 e. The molecule has 2 rings (SSSR count). The molecule has 0 aliphatic carbocycles. The van der Waals surface area contributed by atoms with Gasteiger partial charge >= 0.3 is 0 Å². The minimum Gasteiger partial charge on any atom is -0.493 e. The Labute approximate surface area is 134 Å². The number of methoxy groups -OCH3 is 2. The Morgan fingerprint density at radius 3 is 2.52 bits per heavy atom. The molecule has 0 saturated carbocycles. The number of halogens is 1. The van der Waals surface area contributed by atoms with Gasteiger partial charge in [-0.05, 0) is 42.3 Å². The summed E-state index contributed by atoms with van der Waals surface area (Å²) in [6.07, 6.45) is 0.805. The van der Waals surface area contributed by atoms with Gasteiger partial charge in [-0.3, -0.25) is 4.79 Å². The number of amides is 1. The quantitative estimate of drug-likeness (QED) is 0.803. The van der Waals surface area contributed by atoms with E-state index >= 15 is 0 Å². The van der Waals surface area contributed by atoms with Crippen molar-refractivity contribution < 1.29 is 18.7 Å². The summed E-state index contributed by atoms with van der Waals surface area (Å²) in [6.45, 7) is 0. The maximum absolute atomic E-state index is 13.0. The zero-order valence-electron chi connectivity index (χ0n) is 13.1. The zero-order chi connectivity index (χ0) is 16.8. The molecule has 1 amide bonds. The molecular weight excluding hydrogens is 299 g/mol. The van der Waals surface area contributed by atoms with Gasteiger partial charge in [-0.2, -0.15) is 0 Å². The normalized spacial score (nSPS) is 10.2. The molecular formula is C17H19FN2O3. The van der Waals surface area contributed by atoms with Crippen molar-refractivity contribution in [2.75, 3.05) is 25.3 Å². The third-order valence-corrected chi connectivity index (χ3v) is 3.38. The smallest absolute Gasteiger partial charge is 0.224 e. The number of carbonyl (C=O) groups excluding carboxylic acids is 1. The second-order valence-corrected chi connectivity index (χ2v) is 4.97. The van der Waals surface area contributed by atoms with Gasteiger partial charge in [0.1, 0.15) is 5.82 Å². The standard InChI is InChI=1S/C17H19FN2O3/c1-22-15-7-3-11(9-16(15)23-2)4-8-17(21)20-14-6-5-12(18)10-13(14)19/h3,5-7,9-10H,4,8,19H2,1-2H3,(H,20,21). The first kappa shape index (κ1) is 16.6. The van der Waals surface area contributed by atoms with Gasteiger partial charge in [-0.15, -0.1) is 0 Å². The number of ether oxygens (including phenoxy) is 2. The molecule has 0 saturated heterocycles. The lowest BCUT2D eigenvalue weighted by atomic mass is 10.1. The molecule has 23 heavy (non-hydrogen) atoms. The monoisotopic (exact) mass is 318 g/mol. The molecule has 2 aromatic carbocycles. The Hall–Kier alpha value is -2.76. The predicted molar refractivity (Wildman–Crippen MR) is 87.3 cm³/mol. The van der Waals surface area contributed by atoms with E-state index in [4.69, 9.17) is 15.2 Å². The first-order valence-electron chi connectivity index (χ1n) is 7.09. The number of benzene rings is 2. The number of hydrogen-bond donors (Lipinski definition) is 2. The average molecular weight is 318 g/mol. The van der Waals surface area contributed by atoms with Crippen molar-refractivity contribution in [3.63, 3.8) is 0 Å². The highest BCUT2D eigenvalue weighted by atomic mass is 19.1. The van der Waals surface area contributed by atoms with E-state index in [9.17, 15) is 9.18 Å². The SMILES string of the molecule is COc1ccc(CCC(=O)Nc2ccc(F)cc2N)cc1OC. The zero-order valence-corrected chi connectivity index (χ0v) is 13.1. The number of rotatable bonds is 6. The molecule has 3 N–H and O–H groups in total. The van der Waals surface area contributed by atoms with Crippen LogP contribution in [-0.2, 0) is 11.2 Å². The summed E-state index contributed by atoms with van der Waals surface area (Å²) in [5.41, 5.74) is 7.22. The van der Waals surface area contributed by atoms with Crippen molar-refractivity contribution in [2.45, 2.75) is 12.8 Å². The van der Waals surface area contributed by atoms with Crippen LogP contribution in [0.25, 0.3) is 0 Å². The Balaban J connectivity index is 1.96. The fourth-order valence-electron chi connectivity index (χ4n) is 2.15.